The van der Waals surface area contributed by atoms with Crippen LogP contribution in [0.3, 0.4) is 0 Å². The smallest absolute Gasteiger partial charge is 0.179 e. The predicted molar refractivity (Wildman–Crippen MR) is 63.0 cm³/mol. The van der Waals surface area contributed by atoms with Crippen LogP contribution in [-0.4, -0.2) is 26.5 Å². The van der Waals surface area contributed by atoms with Crippen LogP contribution in [0.1, 0.15) is 18.2 Å². The van der Waals surface area contributed by atoms with Crippen LogP contribution >= 0.6 is 11.8 Å². The zero-order valence-corrected chi connectivity index (χ0v) is 9.05. The Morgan fingerprint density at radius 1 is 1.40 bits per heavy atom. The molecule has 3 heterocycles. The summed E-state index contributed by atoms with van der Waals surface area (Å²) in [5.41, 5.74) is 7.34. The first-order chi connectivity index (χ1) is 7.33. The zero-order valence-electron chi connectivity index (χ0n) is 8.23. The second-order valence-corrected chi connectivity index (χ2v) is 4.94. The van der Waals surface area contributed by atoms with Gasteiger partial charge in [-0.25, -0.2) is 9.97 Å². The lowest BCUT2D eigenvalue weighted by Crippen LogP contribution is -1.98. The van der Waals surface area contributed by atoms with Crippen LogP contribution in [-0.2, 0) is 0 Å². The molecule has 3 rings (SSSR count). The molecule has 3 N–H and O–H groups in total. The number of hydrogen-bond donors (Lipinski definition) is 2. The van der Waals surface area contributed by atoms with Gasteiger partial charge in [0.25, 0.3) is 0 Å². The molecule has 5 heteroatoms. The molecule has 0 amide bonds. The Kier molecular flexibility index (Phi) is 2.05. The van der Waals surface area contributed by atoms with Gasteiger partial charge in [0.2, 0.25) is 0 Å². The fourth-order valence-corrected chi connectivity index (χ4v) is 3.10. The first-order valence-corrected chi connectivity index (χ1v) is 6.18. The molecule has 15 heavy (non-hydrogen) atoms. The topological polar surface area (TPSA) is 67.6 Å². The van der Waals surface area contributed by atoms with Crippen LogP contribution < -0.4 is 5.73 Å². The van der Waals surface area contributed by atoms with Crippen molar-refractivity contribution in [2.24, 2.45) is 0 Å². The number of rotatable bonds is 1. The molecule has 1 aliphatic rings. The van der Waals surface area contributed by atoms with E-state index in [1.807, 2.05) is 17.8 Å². The Morgan fingerprint density at radius 2 is 2.33 bits per heavy atom. The predicted octanol–water partition coefficient (Wildman–Crippen LogP) is 1.76. The highest BCUT2D eigenvalue weighted by molar-refractivity contribution is 7.99. The Balaban J connectivity index is 2.05. The van der Waals surface area contributed by atoms with Crippen LogP contribution in [0.4, 0.5) is 5.82 Å². The van der Waals surface area contributed by atoms with E-state index in [2.05, 4.69) is 15.0 Å². The van der Waals surface area contributed by atoms with Crippen LogP contribution in [0.2, 0.25) is 0 Å². The Hall–Kier alpha value is -1.23. The first kappa shape index (κ1) is 9.03. The maximum atomic E-state index is 5.62. The van der Waals surface area contributed by atoms with E-state index in [9.17, 15) is 0 Å². The molecule has 0 bridgehead atoms. The van der Waals surface area contributed by atoms with Crippen molar-refractivity contribution in [2.45, 2.75) is 12.3 Å². The number of H-pyrrole nitrogens is 1. The van der Waals surface area contributed by atoms with Gasteiger partial charge in [-0.1, -0.05) is 0 Å². The molecule has 0 aliphatic carbocycles. The summed E-state index contributed by atoms with van der Waals surface area (Å²) in [7, 11) is 0. The number of nitrogens with two attached hydrogens (primary N) is 1. The number of hydrogen-bond acceptors (Lipinski definition) is 4. The molecule has 1 unspecified atom stereocenters. The summed E-state index contributed by atoms with van der Waals surface area (Å²) < 4.78 is 0. The molecule has 2 aromatic heterocycles. The summed E-state index contributed by atoms with van der Waals surface area (Å²) in [6.45, 7) is 0. The van der Waals surface area contributed by atoms with E-state index < -0.39 is 0 Å². The molecule has 1 atom stereocenters. The number of pyridine rings is 1. The number of imidazole rings is 1. The monoisotopic (exact) mass is 220 g/mol. The van der Waals surface area contributed by atoms with E-state index >= 15 is 0 Å². The average Bonchev–Trinajstić information content (AvgIpc) is 2.84. The third kappa shape index (κ3) is 1.56. The first-order valence-electron chi connectivity index (χ1n) is 5.03. The molecule has 1 fully saturated rings. The quantitative estimate of drug-likeness (QED) is 0.768. The minimum absolute atomic E-state index is 0.529. The Labute approximate surface area is 91.7 Å². The third-order valence-corrected chi connectivity index (χ3v) is 3.86. The number of nitrogens with zero attached hydrogens (tertiary/aromatic N) is 2. The van der Waals surface area contributed by atoms with Gasteiger partial charge in [0, 0.05) is 11.7 Å². The van der Waals surface area contributed by atoms with Gasteiger partial charge in [-0.2, -0.15) is 11.8 Å². The summed E-state index contributed by atoms with van der Waals surface area (Å²) in [5.74, 6) is 4.55. The van der Waals surface area contributed by atoms with Gasteiger partial charge in [-0.15, -0.1) is 0 Å². The van der Waals surface area contributed by atoms with Crippen LogP contribution in [0.5, 0.6) is 0 Å². The van der Waals surface area contributed by atoms with Gasteiger partial charge in [0.1, 0.15) is 11.6 Å². The van der Waals surface area contributed by atoms with Crippen molar-refractivity contribution < 1.29 is 0 Å². The Bertz CT molecular complexity index is 487. The highest BCUT2D eigenvalue weighted by Gasteiger charge is 2.20. The average molecular weight is 220 g/mol. The molecular formula is C10H12N4S. The fraction of sp³-hybridized carbons (Fsp3) is 0.400. The summed E-state index contributed by atoms with van der Waals surface area (Å²) >= 11 is 1.98. The number of aromatic nitrogens is 3. The second-order valence-electron chi connectivity index (χ2n) is 3.79. The largest absolute Gasteiger partial charge is 0.384 e. The minimum Gasteiger partial charge on any atom is -0.384 e. The van der Waals surface area contributed by atoms with E-state index in [0.717, 1.165) is 22.7 Å². The van der Waals surface area contributed by atoms with E-state index in [1.165, 1.54) is 12.2 Å². The molecule has 1 saturated heterocycles. The van der Waals surface area contributed by atoms with Crippen molar-refractivity contribution in [3.63, 3.8) is 0 Å². The summed E-state index contributed by atoms with van der Waals surface area (Å²) in [6, 6.07) is 3.74. The van der Waals surface area contributed by atoms with Crippen LogP contribution in [0.25, 0.3) is 11.2 Å². The van der Waals surface area contributed by atoms with Gasteiger partial charge >= 0.3 is 0 Å². The lowest BCUT2D eigenvalue weighted by Gasteiger charge is -2.01. The number of aromatic amines is 1. The molecule has 1 aliphatic heterocycles. The second kappa shape index (κ2) is 3.41. The van der Waals surface area contributed by atoms with Gasteiger partial charge in [0.05, 0.1) is 5.52 Å². The van der Waals surface area contributed by atoms with Crippen LogP contribution in [0.15, 0.2) is 12.1 Å². The van der Waals surface area contributed by atoms with Crippen LogP contribution in [0, 0.1) is 0 Å². The third-order valence-electron chi connectivity index (χ3n) is 2.70. The summed E-state index contributed by atoms with van der Waals surface area (Å²) in [4.78, 5) is 12.0. The van der Waals surface area contributed by atoms with Gasteiger partial charge in [-0.3, -0.25) is 0 Å². The van der Waals surface area contributed by atoms with E-state index in [-0.39, 0.29) is 0 Å². The Morgan fingerprint density at radius 3 is 3.13 bits per heavy atom. The van der Waals surface area contributed by atoms with Crippen molar-refractivity contribution in [1.82, 2.24) is 15.0 Å². The number of nitrogens with one attached hydrogen (secondary N) is 1. The number of thioether (sulfide) groups is 1. The van der Waals surface area contributed by atoms with Crippen molar-refractivity contribution in [2.75, 3.05) is 17.2 Å². The normalized spacial score (nSPS) is 21.2. The van der Waals surface area contributed by atoms with E-state index in [1.54, 1.807) is 6.07 Å². The molecule has 0 saturated carbocycles. The molecule has 2 aromatic rings. The molecule has 0 spiro atoms. The molecule has 4 nitrogen and oxygen atoms in total. The van der Waals surface area contributed by atoms with E-state index in [4.69, 9.17) is 5.73 Å². The highest BCUT2D eigenvalue weighted by Crippen LogP contribution is 2.31. The standard InChI is InChI=1S/C10H12N4S/c11-8-2-1-7-10(13-8)14-9(12-7)6-3-4-15-5-6/h1-2,6H,3-5H2,(H3,11,12,13,14). The minimum atomic E-state index is 0.529. The lowest BCUT2D eigenvalue weighted by atomic mass is 10.1. The van der Waals surface area contributed by atoms with Gasteiger partial charge in [0.15, 0.2) is 5.65 Å². The fourth-order valence-electron chi connectivity index (χ4n) is 1.87. The maximum absolute atomic E-state index is 5.62. The van der Waals surface area contributed by atoms with E-state index in [0.29, 0.717) is 11.7 Å². The maximum Gasteiger partial charge on any atom is 0.179 e. The van der Waals surface area contributed by atoms with Crippen molar-refractivity contribution in [1.29, 1.82) is 0 Å². The molecule has 0 radical (unpaired) electrons. The molecular weight excluding hydrogens is 208 g/mol. The SMILES string of the molecule is Nc1ccc2[nH]c(C3CCSC3)nc2n1. The van der Waals surface area contributed by atoms with Crippen molar-refractivity contribution >= 4 is 28.7 Å². The van der Waals surface area contributed by atoms with Gasteiger partial charge < -0.3 is 10.7 Å². The number of nitrogen functional groups attached to an aromatic ring is 1. The molecule has 78 valence electrons. The molecule has 0 aromatic carbocycles. The van der Waals surface area contributed by atoms with Crippen molar-refractivity contribution in [3.05, 3.63) is 18.0 Å². The zero-order chi connectivity index (χ0) is 10.3. The number of fused-ring (bicyclic) bond motifs is 1. The van der Waals surface area contributed by atoms with Crippen molar-refractivity contribution in [3.8, 4) is 0 Å². The number of anilines is 1. The lowest BCUT2D eigenvalue weighted by molar-refractivity contribution is 0.733. The van der Waals surface area contributed by atoms with Gasteiger partial charge in [-0.05, 0) is 24.3 Å². The summed E-state index contributed by atoms with van der Waals surface area (Å²) in [5, 5.41) is 0. The summed E-state index contributed by atoms with van der Waals surface area (Å²) in [6.07, 6.45) is 1.21. The highest BCUT2D eigenvalue weighted by atomic mass is 32.2.